The van der Waals surface area contributed by atoms with E-state index in [1.54, 1.807) is 12.1 Å². The Bertz CT molecular complexity index is 1040. The molecule has 1 fully saturated rings. The van der Waals surface area contributed by atoms with Gasteiger partial charge in [0.15, 0.2) is 0 Å². The molecule has 168 valence electrons. The van der Waals surface area contributed by atoms with Crippen LogP contribution in [-0.2, 0) is 11.3 Å². The number of carbonyl (C=O) groups excluding carboxylic acids is 1. The quantitative estimate of drug-likeness (QED) is 0.573. The van der Waals surface area contributed by atoms with Gasteiger partial charge in [-0.25, -0.2) is 0 Å². The number of rotatable bonds is 8. The van der Waals surface area contributed by atoms with Gasteiger partial charge in [-0.15, -0.1) is 0 Å². The average Bonchev–Trinajstić information content (AvgIpc) is 3.24. The van der Waals surface area contributed by atoms with Crippen LogP contribution in [0.5, 0.6) is 5.75 Å². The van der Waals surface area contributed by atoms with Gasteiger partial charge in [-0.1, -0.05) is 35.9 Å². The first kappa shape index (κ1) is 22.1. The van der Waals surface area contributed by atoms with Gasteiger partial charge in [0.1, 0.15) is 23.9 Å². The molecule has 3 aromatic rings. The van der Waals surface area contributed by atoms with Gasteiger partial charge >= 0.3 is 0 Å². The van der Waals surface area contributed by atoms with Gasteiger partial charge in [0, 0.05) is 25.2 Å². The third-order valence-corrected chi connectivity index (χ3v) is 5.62. The SMILES string of the molecule is Cc1cccc(COc2cccc(C(=O)NCC(c3ccc(C)o3)N3CCOCC3)c2)c1. The molecule has 2 aromatic carbocycles. The summed E-state index contributed by atoms with van der Waals surface area (Å²) in [5.74, 6) is 2.26. The molecule has 1 saturated heterocycles. The minimum absolute atomic E-state index is 0.0303. The molecule has 1 amide bonds. The maximum Gasteiger partial charge on any atom is 0.251 e. The second-order valence-electron chi connectivity index (χ2n) is 8.13. The molecule has 6 nitrogen and oxygen atoms in total. The standard InChI is InChI=1S/C26H30N2O4/c1-19-5-3-6-21(15-19)18-31-23-8-4-7-22(16-23)26(29)27-17-24(25-10-9-20(2)32-25)28-11-13-30-14-12-28/h3-10,15-16,24H,11-14,17-18H2,1-2H3,(H,27,29). The first-order chi connectivity index (χ1) is 15.6. The van der Waals surface area contributed by atoms with Crippen molar-refractivity contribution >= 4 is 5.91 Å². The van der Waals surface area contributed by atoms with E-state index < -0.39 is 0 Å². The fraction of sp³-hybridized carbons (Fsp3) is 0.346. The summed E-state index contributed by atoms with van der Waals surface area (Å²) in [6, 6.07) is 19.4. The number of morpholine rings is 1. The highest BCUT2D eigenvalue weighted by molar-refractivity contribution is 5.94. The summed E-state index contributed by atoms with van der Waals surface area (Å²) in [4.78, 5) is 15.2. The van der Waals surface area contributed by atoms with Crippen molar-refractivity contribution in [2.45, 2.75) is 26.5 Å². The highest BCUT2D eigenvalue weighted by Crippen LogP contribution is 2.24. The van der Waals surface area contributed by atoms with Crippen molar-refractivity contribution in [1.82, 2.24) is 10.2 Å². The highest BCUT2D eigenvalue weighted by Gasteiger charge is 2.26. The minimum Gasteiger partial charge on any atom is -0.489 e. The van der Waals surface area contributed by atoms with Crippen LogP contribution in [0.4, 0.5) is 0 Å². The van der Waals surface area contributed by atoms with Crippen molar-refractivity contribution in [3.05, 3.63) is 88.9 Å². The smallest absolute Gasteiger partial charge is 0.251 e. The third kappa shape index (κ3) is 5.78. The van der Waals surface area contributed by atoms with Gasteiger partial charge in [0.2, 0.25) is 0 Å². The Morgan fingerprint density at radius 2 is 1.88 bits per heavy atom. The predicted octanol–water partition coefficient (Wildman–Crippen LogP) is 4.28. The lowest BCUT2D eigenvalue weighted by Gasteiger charge is -2.33. The number of ether oxygens (including phenoxy) is 2. The summed E-state index contributed by atoms with van der Waals surface area (Å²) in [7, 11) is 0. The molecule has 1 atom stereocenters. The first-order valence-corrected chi connectivity index (χ1v) is 11.0. The molecule has 6 heteroatoms. The lowest BCUT2D eigenvalue weighted by Crippen LogP contribution is -2.43. The number of nitrogens with zero attached hydrogens (tertiary/aromatic N) is 1. The Morgan fingerprint density at radius 1 is 1.06 bits per heavy atom. The Balaban J connectivity index is 1.39. The molecule has 1 aliphatic rings. The Labute approximate surface area is 189 Å². The summed E-state index contributed by atoms with van der Waals surface area (Å²) >= 11 is 0. The molecule has 1 N–H and O–H groups in total. The van der Waals surface area contributed by atoms with E-state index >= 15 is 0 Å². The highest BCUT2D eigenvalue weighted by atomic mass is 16.5. The van der Waals surface area contributed by atoms with Crippen LogP contribution in [0.1, 0.15) is 39.0 Å². The molecule has 1 unspecified atom stereocenters. The summed E-state index contributed by atoms with van der Waals surface area (Å²) in [6.45, 7) is 7.90. The zero-order valence-electron chi connectivity index (χ0n) is 18.7. The van der Waals surface area contributed by atoms with Crippen molar-refractivity contribution < 1.29 is 18.7 Å². The van der Waals surface area contributed by atoms with Crippen LogP contribution in [0.2, 0.25) is 0 Å². The maximum absolute atomic E-state index is 12.9. The normalized spacial score (nSPS) is 15.3. The van der Waals surface area contributed by atoms with Gasteiger partial charge in [-0.05, 0) is 49.7 Å². The monoisotopic (exact) mass is 434 g/mol. The van der Waals surface area contributed by atoms with Crippen LogP contribution in [0.3, 0.4) is 0 Å². The third-order valence-electron chi connectivity index (χ3n) is 5.62. The van der Waals surface area contributed by atoms with E-state index in [9.17, 15) is 4.79 Å². The molecule has 1 aromatic heterocycles. The van der Waals surface area contributed by atoms with E-state index in [2.05, 4.69) is 29.3 Å². The van der Waals surface area contributed by atoms with E-state index in [0.717, 1.165) is 30.2 Å². The maximum atomic E-state index is 12.9. The van der Waals surface area contributed by atoms with Crippen LogP contribution in [0.15, 0.2) is 65.1 Å². The second kappa shape index (κ2) is 10.5. The van der Waals surface area contributed by atoms with E-state index in [1.165, 1.54) is 5.56 Å². The lowest BCUT2D eigenvalue weighted by atomic mass is 10.1. The number of hydrogen-bond acceptors (Lipinski definition) is 5. The molecular formula is C26H30N2O4. The number of amides is 1. The molecule has 0 aliphatic carbocycles. The Kier molecular flexibility index (Phi) is 7.24. The number of aryl methyl sites for hydroxylation is 2. The number of furan rings is 1. The van der Waals surface area contributed by atoms with Crippen LogP contribution >= 0.6 is 0 Å². The van der Waals surface area contributed by atoms with Crippen molar-refractivity contribution in [3.8, 4) is 5.75 Å². The van der Waals surface area contributed by atoms with E-state index in [4.69, 9.17) is 13.9 Å². The van der Waals surface area contributed by atoms with Crippen LogP contribution in [0, 0.1) is 13.8 Å². The van der Waals surface area contributed by atoms with Gasteiger partial charge in [0.05, 0.1) is 19.3 Å². The fourth-order valence-corrected chi connectivity index (χ4v) is 3.92. The van der Waals surface area contributed by atoms with Gasteiger partial charge < -0.3 is 19.2 Å². The van der Waals surface area contributed by atoms with Gasteiger partial charge in [-0.2, -0.15) is 0 Å². The van der Waals surface area contributed by atoms with E-state index in [1.807, 2.05) is 43.3 Å². The molecular weight excluding hydrogens is 404 g/mol. The largest absolute Gasteiger partial charge is 0.489 e. The summed E-state index contributed by atoms with van der Waals surface area (Å²) in [5, 5.41) is 3.08. The first-order valence-electron chi connectivity index (χ1n) is 11.0. The zero-order valence-corrected chi connectivity index (χ0v) is 18.7. The fourth-order valence-electron chi connectivity index (χ4n) is 3.92. The van der Waals surface area contributed by atoms with E-state index in [-0.39, 0.29) is 11.9 Å². The molecule has 0 radical (unpaired) electrons. The Hall–Kier alpha value is -3.09. The van der Waals surface area contributed by atoms with Crippen molar-refractivity contribution in [1.29, 1.82) is 0 Å². The number of benzene rings is 2. The summed E-state index contributed by atoms with van der Waals surface area (Å²) in [5.41, 5.74) is 2.87. The Morgan fingerprint density at radius 3 is 2.62 bits per heavy atom. The average molecular weight is 435 g/mol. The van der Waals surface area contributed by atoms with Crippen molar-refractivity contribution in [2.24, 2.45) is 0 Å². The molecule has 1 aliphatic heterocycles. The topological polar surface area (TPSA) is 63.9 Å². The van der Waals surface area contributed by atoms with Crippen LogP contribution in [-0.4, -0.2) is 43.7 Å². The molecule has 0 bridgehead atoms. The molecule has 0 saturated carbocycles. The van der Waals surface area contributed by atoms with Crippen molar-refractivity contribution in [2.75, 3.05) is 32.8 Å². The molecule has 0 spiro atoms. The molecule has 2 heterocycles. The molecule has 32 heavy (non-hydrogen) atoms. The van der Waals surface area contributed by atoms with E-state index in [0.29, 0.717) is 37.7 Å². The van der Waals surface area contributed by atoms with Gasteiger partial charge in [-0.3, -0.25) is 9.69 Å². The lowest BCUT2D eigenvalue weighted by molar-refractivity contribution is 0.0117. The summed E-state index contributed by atoms with van der Waals surface area (Å²) in [6.07, 6.45) is 0. The minimum atomic E-state index is -0.132. The predicted molar refractivity (Wildman–Crippen MR) is 123 cm³/mol. The van der Waals surface area contributed by atoms with Gasteiger partial charge in [0.25, 0.3) is 5.91 Å². The number of hydrogen-bond donors (Lipinski definition) is 1. The van der Waals surface area contributed by atoms with Crippen molar-refractivity contribution in [3.63, 3.8) is 0 Å². The number of nitrogens with one attached hydrogen (secondary N) is 1. The molecule has 4 rings (SSSR count). The zero-order chi connectivity index (χ0) is 22.3. The summed E-state index contributed by atoms with van der Waals surface area (Å²) < 4.78 is 17.3. The van der Waals surface area contributed by atoms with Crippen LogP contribution < -0.4 is 10.1 Å². The second-order valence-corrected chi connectivity index (χ2v) is 8.13. The number of carbonyl (C=O) groups is 1. The van der Waals surface area contributed by atoms with Crippen LogP contribution in [0.25, 0.3) is 0 Å².